The summed E-state index contributed by atoms with van der Waals surface area (Å²) in [6.45, 7) is 2.73. The zero-order valence-corrected chi connectivity index (χ0v) is 7.78. The van der Waals surface area contributed by atoms with Gasteiger partial charge in [-0.05, 0) is 7.05 Å². The Morgan fingerprint density at radius 2 is 2.50 bits per heavy atom. The highest BCUT2D eigenvalue weighted by molar-refractivity contribution is 8.10. The summed E-state index contributed by atoms with van der Waals surface area (Å²) >= 11 is 5.19. The molecule has 0 spiro atoms. The van der Waals surface area contributed by atoms with Gasteiger partial charge in [-0.1, -0.05) is 17.7 Å². The van der Waals surface area contributed by atoms with Crippen LogP contribution < -0.4 is 0 Å². The molecule has 0 aromatic heterocycles. The average Bonchev–Trinajstić information content (AvgIpc) is 2.08. The standard InChI is InChI=1S/C6H10NOPS/c1-4-6-5-7(2)9(3,10)8-6/h1,6H,5H2,2-3H3. The van der Waals surface area contributed by atoms with Gasteiger partial charge < -0.3 is 4.52 Å². The molecule has 56 valence electrons. The Kier molecular flexibility index (Phi) is 2.17. The molecule has 0 radical (unpaired) electrons. The van der Waals surface area contributed by atoms with Gasteiger partial charge in [0.25, 0.3) is 0 Å². The molecule has 0 bridgehead atoms. The number of rotatable bonds is 0. The second-order valence-corrected chi connectivity index (χ2v) is 6.94. The molecule has 1 fully saturated rings. The fraction of sp³-hybridized carbons (Fsp3) is 0.667. The van der Waals surface area contributed by atoms with E-state index in [2.05, 4.69) is 5.92 Å². The first-order valence-corrected chi connectivity index (χ1v) is 6.12. The van der Waals surface area contributed by atoms with Crippen molar-refractivity contribution >= 4 is 18.2 Å². The fourth-order valence-electron chi connectivity index (χ4n) is 0.821. The second kappa shape index (κ2) is 2.64. The van der Waals surface area contributed by atoms with E-state index in [0.29, 0.717) is 0 Å². The summed E-state index contributed by atoms with van der Waals surface area (Å²) in [5.74, 6) is 2.55. The summed E-state index contributed by atoms with van der Waals surface area (Å²) < 4.78 is 7.46. The fourth-order valence-corrected chi connectivity index (χ4v) is 2.54. The lowest BCUT2D eigenvalue weighted by molar-refractivity contribution is 0.323. The van der Waals surface area contributed by atoms with E-state index in [1.165, 1.54) is 0 Å². The van der Waals surface area contributed by atoms with Crippen molar-refractivity contribution in [1.82, 2.24) is 4.67 Å². The lowest BCUT2D eigenvalue weighted by atomic mass is 10.4. The van der Waals surface area contributed by atoms with Gasteiger partial charge in [-0.25, -0.2) is 0 Å². The van der Waals surface area contributed by atoms with Crippen LogP contribution in [0.2, 0.25) is 0 Å². The minimum Gasteiger partial charge on any atom is -0.321 e. The molecule has 2 nitrogen and oxygen atoms in total. The third-order valence-corrected chi connectivity index (χ3v) is 4.70. The number of likely N-dealkylation sites (N-methyl/N-ethyl adjacent to an activating group) is 1. The van der Waals surface area contributed by atoms with Crippen molar-refractivity contribution < 1.29 is 4.52 Å². The predicted octanol–water partition coefficient (Wildman–Crippen LogP) is 0.889. The molecule has 1 rings (SSSR count). The van der Waals surface area contributed by atoms with Crippen molar-refractivity contribution in [2.75, 3.05) is 20.3 Å². The minimum atomic E-state index is -1.68. The van der Waals surface area contributed by atoms with Gasteiger partial charge in [0.1, 0.15) is 12.5 Å². The molecule has 0 amide bonds. The van der Waals surface area contributed by atoms with Crippen molar-refractivity contribution in [3.05, 3.63) is 0 Å². The summed E-state index contributed by atoms with van der Waals surface area (Å²) in [5.41, 5.74) is 0. The number of hydrogen-bond acceptors (Lipinski definition) is 2. The molecular weight excluding hydrogens is 165 g/mol. The van der Waals surface area contributed by atoms with E-state index >= 15 is 0 Å². The van der Waals surface area contributed by atoms with Crippen LogP contribution >= 0.6 is 6.42 Å². The lowest BCUT2D eigenvalue weighted by Gasteiger charge is -2.15. The minimum absolute atomic E-state index is 0.0826. The molecule has 0 aliphatic carbocycles. The number of nitrogens with zero attached hydrogens (tertiary/aromatic N) is 1. The van der Waals surface area contributed by atoms with Gasteiger partial charge in [-0.3, -0.25) is 4.67 Å². The summed E-state index contributed by atoms with van der Waals surface area (Å²) in [6, 6.07) is 0. The SMILES string of the molecule is C#CC1CN(C)P(C)(=S)O1. The van der Waals surface area contributed by atoms with E-state index in [1.807, 2.05) is 18.4 Å². The van der Waals surface area contributed by atoms with Crippen molar-refractivity contribution in [2.45, 2.75) is 6.10 Å². The van der Waals surface area contributed by atoms with Crippen LogP contribution in [-0.4, -0.2) is 31.0 Å². The topological polar surface area (TPSA) is 12.5 Å². The molecule has 10 heavy (non-hydrogen) atoms. The van der Waals surface area contributed by atoms with Gasteiger partial charge in [0.2, 0.25) is 0 Å². The van der Waals surface area contributed by atoms with E-state index in [4.69, 9.17) is 22.8 Å². The van der Waals surface area contributed by atoms with Crippen molar-refractivity contribution in [1.29, 1.82) is 0 Å². The Morgan fingerprint density at radius 3 is 2.70 bits per heavy atom. The lowest BCUT2D eigenvalue weighted by Crippen LogP contribution is -2.13. The Bertz CT molecular complexity index is 222. The zero-order valence-electron chi connectivity index (χ0n) is 6.07. The first kappa shape index (κ1) is 8.23. The van der Waals surface area contributed by atoms with E-state index < -0.39 is 6.42 Å². The van der Waals surface area contributed by atoms with E-state index in [-0.39, 0.29) is 6.10 Å². The Balaban J connectivity index is 2.73. The molecule has 0 aromatic carbocycles. The quantitative estimate of drug-likeness (QED) is 0.401. The van der Waals surface area contributed by atoms with Crippen LogP contribution in [0.3, 0.4) is 0 Å². The van der Waals surface area contributed by atoms with Gasteiger partial charge in [0.15, 0.2) is 0 Å². The summed E-state index contributed by atoms with van der Waals surface area (Å²) in [6.07, 6.45) is 3.42. The van der Waals surface area contributed by atoms with E-state index in [0.717, 1.165) is 6.54 Å². The van der Waals surface area contributed by atoms with Gasteiger partial charge >= 0.3 is 0 Å². The molecule has 0 saturated carbocycles. The van der Waals surface area contributed by atoms with Crippen LogP contribution in [0.25, 0.3) is 0 Å². The molecule has 0 aromatic rings. The largest absolute Gasteiger partial charge is 0.321 e. The number of hydrogen-bond donors (Lipinski definition) is 0. The Morgan fingerprint density at radius 1 is 1.90 bits per heavy atom. The van der Waals surface area contributed by atoms with Crippen molar-refractivity contribution in [3.8, 4) is 12.3 Å². The van der Waals surface area contributed by atoms with Crippen molar-refractivity contribution in [3.63, 3.8) is 0 Å². The molecular formula is C6H10NOPS. The van der Waals surface area contributed by atoms with Crippen LogP contribution in [0.1, 0.15) is 0 Å². The van der Waals surface area contributed by atoms with Gasteiger partial charge in [-0.2, -0.15) is 0 Å². The second-order valence-electron chi connectivity index (χ2n) is 2.40. The molecule has 1 saturated heterocycles. The maximum atomic E-state index is 5.43. The molecule has 2 atom stereocenters. The zero-order chi connectivity index (χ0) is 7.78. The van der Waals surface area contributed by atoms with Crippen LogP contribution in [0, 0.1) is 12.3 Å². The number of terminal acetylenes is 1. The highest BCUT2D eigenvalue weighted by Crippen LogP contribution is 2.51. The maximum Gasteiger partial charge on any atom is 0.137 e. The molecule has 1 heterocycles. The van der Waals surface area contributed by atoms with Crippen LogP contribution in [0.5, 0.6) is 0 Å². The third kappa shape index (κ3) is 1.41. The van der Waals surface area contributed by atoms with Gasteiger partial charge in [0.05, 0.1) is 0 Å². The Hall–Kier alpha value is 0.130. The van der Waals surface area contributed by atoms with Gasteiger partial charge in [0, 0.05) is 13.2 Å². The molecule has 2 unspecified atom stereocenters. The van der Waals surface area contributed by atoms with Gasteiger partial charge in [-0.15, -0.1) is 6.42 Å². The Labute approximate surface area is 66.7 Å². The van der Waals surface area contributed by atoms with E-state index in [9.17, 15) is 0 Å². The molecule has 1 aliphatic heterocycles. The highest BCUT2D eigenvalue weighted by atomic mass is 32.4. The maximum absolute atomic E-state index is 5.43. The first-order valence-electron chi connectivity index (χ1n) is 3.00. The monoisotopic (exact) mass is 175 g/mol. The first-order chi connectivity index (χ1) is 4.56. The highest BCUT2D eigenvalue weighted by Gasteiger charge is 2.30. The normalized spacial score (nSPS) is 41.5. The molecule has 0 N–H and O–H groups in total. The van der Waals surface area contributed by atoms with Crippen LogP contribution in [-0.2, 0) is 16.3 Å². The molecule has 1 aliphatic rings. The van der Waals surface area contributed by atoms with Crippen molar-refractivity contribution in [2.24, 2.45) is 0 Å². The van der Waals surface area contributed by atoms with Crippen LogP contribution in [0.4, 0.5) is 0 Å². The summed E-state index contributed by atoms with van der Waals surface area (Å²) in [5, 5.41) is 0. The van der Waals surface area contributed by atoms with E-state index in [1.54, 1.807) is 0 Å². The van der Waals surface area contributed by atoms with Crippen LogP contribution in [0.15, 0.2) is 0 Å². The third-order valence-electron chi connectivity index (χ3n) is 1.56. The summed E-state index contributed by atoms with van der Waals surface area (Å²) in [4.78, 5) is 0. The summed E-state index contributed by atoms with van der Waals surface area (Å²) in [7, 11) is 1.96. The smallest absolute Gasteiger partial charge is 0.137 e. The average molecular weight is 175 g/mol. The molecule has 4 heteroatoms. The predicted molar refractivity (Wildman–Crippen MR) is 46.5 cm³/mol.